The summed E-state index contributed by atoms with van der Waals surface area (Å²) in [4.78, 5) is 9.75. The monoisotopic (exact) mass is 140 g/mol. The maximum Gasteiger partial charge on any atom is 0.142 e. The molecule has 0 aromatic carbocycles. The Morgan fingerprint density at radius 1 is 1.50 bits per heavy atom. The van der Waals surface area contributed by atoms with Gasteiger partial charge >= 0.3 is 0 Å². The fourth-order valence-electron chi connectivity index (χ4n) is 0.470. The lowest BCUT2D eigenvalue weighted by molar-refractivity contribution is -0.104. The van der Waals surface area contributed by atoms with Crippen molar-refractivity contribution in [3.63, 3.8) is 0 Å². The summed E-state index contributed by atoms with van der Waals surface area (Å²) in [6.07, 6.45) is 6.48. The maximum absolute atomic E-state index is 9.75. The Bertz CT molecular complexity index is 116. The van der Waals surface area contributed by atoms with Crippen molar-refractivity contribution in [2.75, 3.05) is 13.2 Å². The van der Waals surface area contributed by atoms with E-state index in [1.54, 1.807) is 12.2 Å². The van der Waals surface area contributed by atoms with Crippen LogP contribution >= 0.6 is 0 Å². The Kier molecular flexibility index (Phi) is 7.39. The van der Waals surface area contributed by atoms with Crippen molar-refractivity contribution in [3.8, 4) is 0 Å². The van der Waals surface area contributed by atoms with E-state index in [0.717, 1.165) is 12.7 Å². The fraction of sp³-hybridized carbons (Fsp3) is 0.375. The molecule has 0 amide bonds. The molecule has 0 saturated heterocycles. The van der Waals surface area contributed by atoms with Crippen molar-refractivity contribution in [2.45, 2.75) is 6.42 Å². The lowest BCUT2D eigenvalue weighted by Gasteiger charge is -1.94. The van der Waals surface area contributed by atoms with Crippen LogP contribution in [0.25, 0.3) is 0 Å². The van der Waals surface area contributed by atoms with E-state index in [0.29, 0.717) is 13.2 Å². The lowest BCUT2D eigenvalue weighted by Crippen LogP contribution is -1.91. The molecule has 0 fully saturated rings. The summed E-state index contributed by atoms with van der Waals surface area (Å²) in [5.41, 5.74) is 0. The van der Waals surface area contributed by atoms with E-state index in [1.807, 2.05) is 0 Å². The van der Waals surface area contributed by atoms with Gasteiger partial charge in [-0.25, -0.2) is 0 Å². The zero-order valence-corrected chi connectivity index (χ0v) is 5.95. The van der Waals surface area contributed by atoms with Gasteiger partial charge in [0.05, 0.1) is 13.2 Å². The Hall–Kier alpha value is -0.890. The van der Waals surface area contributed by atoms with Crippen molar-refractivity contribution in [1.82, 2.24) is 0 Å². The van der Waals surface area contributed by atoms with E-state index in [4.69, 9.17) is 4.74 Å². The van der Waals surface area contributed by atoms with Crippen LogP contribution in [0.4, 0.5) is 0 Å². The minimum atomic E-state index is 0.578. The zero-order valence-electron chi connectivity index (χ0n) is 5.95. The summed E-state index contributed by atoms with van der Waals surface area (Å²) in [6.45, 7) is 4.72. The molecule has 2 nitrogen and oxygen atoms in total. The number of carbonyl (C=O) groups excluding carboxylic acids is 1. The molecule has 0 bridgehead atoms. The molecule has 0 heterocycles. The molecule has 2 heteroatoms. The first-order valence-corrected chi connectivity index (χ1v) is 3.20. The molecule has 0 aliphatic rings. The van der Waals surface area contributed by atoms with Crippen LogP contribution in [-0.2, 0) is 9.53 Å². The van der Waals surface area contributed by atoms with Crippen molar-refractivity contribution in [3.05, 3.63) is 24.8 Å². The van der Waals surface area contributed by atoms with Gasteiger partial charge in [-0.3, -0.25) is 4.79 Å². The average molecular weight is 140 g/mol. The van der Waals surface area contributed by atoms with Gasteiger partial charge in [-0.15, -0.1) is 6.58 Å². The highest BCUT2D eigenvalue weighted by molar-refractivity contribution is 5.64. The second-order valence-electron chi connectivity index (χ2n) is 1.72. The molecule has 56 valence electrons. The fourth-order valence-corrected chi connectivity index (χ4v) is 0.470. The van der Waals surface area contributed by atoms with Crippen LogP contribution in [0, 0.1) is 0 Å². The lowest BCUT2D eigenvalue weighted by atomic mass is 10.4. The summed E-state index contributed by atoms with van der Waals surface area (Å²) in [5, 5.41) is 0. The van der Waals surface area contributed by atoms with E-state index in [-0.39, 0.29) is 0 Å². The summed E-state index contributed by atoms with van der Waals surface area (Å²) in [7, 11) is 0. The first kappa shape index (κ1) is 9.11. The summed E-state index contributed by atoms with van der Waals surface area (Å²) < 4.78 is 5.04. The number of hydrogen-bond donors (Lipinski definition) is 0. The Balaban J connectivity index is 2.96. The van der Waals surface area contributed by atoms with Gasteiger partial charge in [0.15, 0.2) is 0 Å². The van der Waals surface area contributed by atoms with Gasteiger partial charge in [-0.05, 0) is 12.5 Å². The van der Waals surface area contributed by atoms with Crippen LogP contribution in [0.5, 0.6) is 0 Å². The quantitative estimate of drug-likeness (QED) is 0.241. The van der Waals surface area contributed by atoms with E-state index in [9.17, 15) is 4.79 Å². The summed E-state index contributed by atoms with van der Waals surface area (Å²) >= 11 is 0. The summed E-state index contributed by atoms with van der Waals surface area (Å²) in [5.74, 6) is 0. The SMILES string of the molecule is C=CCOCCC=CC=O. The van der Waals surface area contributed by atoms with Gasteiger partial charge in [0, 0.05) is 0 Å². The third-order valence-corrected chi connectivity index (χ3v) is 0.879. The molecule has 0 aliphatic carbocycles. The number of allylic oxidation sites excluding steroid dienone is 1. The third-order valence-electron chi connectivity index (χ3n) is 0.879. The summed E-state index contributed by atoms with van der Waals surface area (Å²) in [6, 6.07) is 0. The van der Waals surface area contributed by atoms with Gasteiger partial charge in [0.25, 0.3) is 0 Å². The van der Waals surface area contributed by atoms with Crippen molar-refractivity contribution in [2.24, 2.45) is 0 Å². The maximum atomic E-state index is 9.75. The van der Waals surface area contributed by atoms with Gasteiger partial charge in [-0.1, -0.05) is 12.2 Å². The minimum Gasteiger partial charge on any atom is -0.377 e. The van der Waals surface area contributed by atoms with Crippen LogP contribution in [0.3, 0.4) is 0 Å². The van der Waals surface area contributed by atoms with Crippen molar-refractivity contribution < 1.29 is 9.53 Å². The van der Waals surface area contributed by atoms with Crippen molar-refractivity contribution in [1.29, 1.82) is 0 Å². The minimum absolute atomic E-state index is 0.578. The van der Waals surface area contributed by atoms with E-state index in [2.05, 4.69) is 6.58 Å². The largest absolute Gasteiger partial charge is 0.377 e. The Morgan fingerprint density at radius 2 is 2.30 bits per heavy atom. The number of hydrogen-bond acceptors (Lipinski definition) is 2. The second kappa shape index (κ2) is 8.11. The predicted octanol–water partition coefficient (Wildman–Crippen LogP) is 1.33. The Morgan fingerprint density at radius 3 is 2.90 bits per heavy atom. The molecule has 0 radical (unpaired) electrons. The average Bonchev–Trinajstić information content (AvgIpc) is 1.97. The van der Waals surface area contributed by atoms with Gasteiger partial charge in [0.1, 0.15) is 6.29 Å². The Labute approximate surface area is 61.2 Å². The molecule has 0 aromatic rings. The van der Waals surface area contributed by atoms with Crippen LogP contribution in [0.2, 0.25) is 0 Å². The number of carbonyl (C=O) groups is 1. The smallest absolute Gasteiger partial charge is 0.142 e. The topological polar surface area (TPSA) is 26.3 Å². The second-order valence-corrected chi connectivity index (χ2v) is 1.72. The van der Waals surface area contributed by atoms with Crippen LogP contribution < -0.4 is 0 Å². The number of rotatable bonds is 6. The molecule has 10 heavy (non-hydrogen) atoms. The predicted molar refractivity (Wildman–Crippen MR) is 40.8 cm³/mol. The molecule has 0 aromatic heterocycles. The highest BCUT2D eigenvalue weighted by Crippen LogP contribution is 1.83. The van der Waals surface area contributed by atoms with E-state index < -0.39 is 0 Å². The molecular weight excluding hydrogens is 128 g/mol. The molecule has 0 saturated carbocycles. The molecule has 0 aliphatic heterocycles. The first-order chi connectivity index (χ1) is 4.91. The molecule has 0 unspecified atom stereocenters. The normalized spacial score (nSPS) is 10.0. The zero-order chi connectivity index (χ0) is 7.66. The number of ether oxygens (including phenoxy) is 1. The van der Waals surface area contributed by atoms with E-state index >= 15 is 0 Å². The molecule has 0 atom stereocenters. The highest BCUT2D eigenvalue weighted by Gasteiger charge is 1.79. The molecule has 0 rings (SSSR count). The van der Waals surface area contributed by atoms with Crippen LogP contribution in [0.15, 0.2) is 24.8 Å². The first-order valence-electron chi connectivity index (χ1n) is 3.20. The van der Waals surface area contributed by atoms with Gasteiger partial charge in [0.2, 0.25) is 0 Å². The van der Waals surface area contributed by atoms with Crippen LogP contribution in [-0.4, -0.2) is 19.5 Å². The van der Waals surface area contributed by atoms with E-state index in [1.165, 1.54) is 6.08 Å². The number of aldehydes is 1. The van der Waals surface area contributed by atoms with Gasteiger partial charge < -0.3 is 4.74 Å². The standard InChI is InChI=1S/C8H12O2/c1-2-7-10-8-5-3-4-6-9/h2-4,6H,1,5,7-8H2. The third kappa shape index (κ3) is 7.11. The highest BCUT2D eigenvalue weighted by atomic mass is 16.5. The van der Waals surface area contributed by atoms with Crippen LogP contribution in [0.1, 0.15) is 6.42 Å². The molecule has 0 N–H and O–H groups in total. The molecular formula is C8H12O2. The van der Waals surface area contributed by atoms with Crippen molar-refractivity contribution >= 4 is 6.29 Å². The van der Waals surface area contributed by atoms with Gasteiger partial charge in [-0.2, -0.15) is 0 Å². The molecule has 0 spiro atoms.